The second kappa shape index (κ2) is 6.10. The molecule has 1 aliphatic carbocycles. The molecule has 9 heteroatoms. The molecule has 3 rings (SSSR count). The van der Waals surface area contributed by atoms with Crippen molar-refractivity contribution in [1.82, 2.24) is 0 Å². The van der Waals surface area contributed by atoms with Gasteiger partial charge in [-0.25, -0.2) is 4.79 Å². The summed E-state index contributed by atoms with van der Waals surface area (Å²) in [6.45, 7) is 0. The van der Waals surface area contributed by atoms with Crippen LogP contribution in [0.3, 0.4) is 0 Å². The van der Waals surface area contributed by atoms with Crippen LogP contribution in [-0.2, 0) is 20.1 Å². The topological polar surface area (TPSA) is 123 Å². The van der Waals surface area contributed by atoms with Crippen molar-refractivity contribution in [3.05, 3.63) is 58.2 Å². The Balaban J connectivity index is 1.93. The average molecular weight is 364 g/mol. The highest BCUT2D eigenvalue weighted by atomic mass is 32.2. The van der Waals surface area contributed by atoms with Gasteiger partial charge in [0, 0.05) is 16.5 Å². The van der Waals surface area contributed by atoms with Gasteiger partial charge in [-0.3, -0.25) is 5.41 Å². The van der Waals surface area contributed by atoms with E-state index in [1.54, 1.807) is 17.5 Å². The third-order valence-corrected chi connectivity index (χ3v) is 5.07. The molecule has 7 nitrogen and oxygen atoms in total. The molecule has 2 aliphatic rings. The number of carbonyl (C=O) groups is 1. The van der Waals surface area contributed by atoms with Gasteiger partial charge < -0.3 is 14.3 Å². The standard InChI is InChI=1S/C15H12N2O5S2/c16-14(17)12-5-10-6-21-3-1-11(10)13(12)8-24(19,20)22-15(18)9-2-4-23-7-9/h1-7H,8H2,(H3,16,17). The van der Waals surface area contributed by atoms with Gasteiger partial charge in [0.2, 0.25) is 0 Å². The van der Waals surface area contributed by atoms with Gasteiger partial charge in [0.25, 0.3) is 0 Å². The fourth-order valence-corrected chi connectivity index (χ4v) is 3.98. The first-order valence-corrected chi connectivity index (χ1v) is 9.20. The number of nitrogens with two attached hydrogens (primary N) is 1. The van der Waals surface area contributed by atoms with Gasteiger partial charge in [0.1, 0.15) is 11.6 Å². The number of hydrogen-bond acceptors (Lipinski definition) is 7. The molecular formula is C15H12N2O5S2. The lowest BCUT2D eigenvalue weighted by Crippen LogP contribution is -2.18. The summed E-state index contributed by atoms with van der Waals surface area (Å²) in [5, 5.41) is 10.8. The molecule has 0 fully saturated rings. The van der Waals surface area contributed by atoms with Crippen LogP contribution in [0, 0.1) is 5.41 Å². The maximum absolute atomic E-state index is 12.2. The Morgan fingerprint density at radius 3 is 2.83 bits per heavy atom. The summed E-state index contributed by atoms with van der Waals surface area (Å²) in [7, 11) is -4.21. The van der Waals surface area contributed by atoms with Crippen LogP contribution in [0.15, 0.2) is 45.9 Å². The van der Waals surface area contributed by atoms with Gasteiger partial charge in [-0.2, -0.15) is 19.8 Å². The molecule has 1 aliphatic heterocycles. The molecule has 3 N–H and O–H groups in total. The van der Waals surface area contributed by atoms with E-state index in [2.05, 4.69) is 4.18 Å². The summed E-state index contributed by atoms with van der Waals surface area (Å²) >= 11 is 1.26. The summed E-state index contributed by atoms with van der Waals surface area (Å²) in [4.78, 5) is 11.9. The number of hydrogen-bond donors (Lipinski definition) is 2. The predicted octanol–water partition coefficient (Wildman–Crippen LogP) is 2.42. The van der Waals surface area contributed by atoms with E-state index in [0.29, 0.717) is 16.7 Å². The molecule has 0 saturated carbocycles. The van der Waals surface area contributed by atoms with E-state index in [0.717, 1.165) is 0 Å². The normalized spacial score (nSPS) is 11.5. The second-order valence-electron chi connectivity index (χ2n) is 4.96. The molecule has 0 bridgehead atoms. The van der Waals surface area contributed by atoms with Crippen molar-refractivity contribution >= 4 is 33.3 Å². The molecule has 0 aromatic carbocycles. The van der Waals surface area contributed by atoms with Crippen LogP contribution in [0.1, 0.15) is 21.5 Å². The number of carbonyl (C=O) groups excluding carboxylic acids is 1. The number of nitrogens with one attached hydrogen (secondary N) is 1. The molecule has 2 heterocycles. The van der Waals surface area contributed by atoms with E-state index in [4.69, 9.17) is 15.6 Å². The summed E-state index contributed by atoms with van der Waals surface area (Å²) < 4.78 is 34.2. The summed E-state index contributed by atoms with van der Waals surface area (Å²) in [5.74, 6) is -1.79. The SMILES string of the molecule is N=C(N)c1cc2coccc-2c1CS(=O)(=O)OC(=O)c1ccsc1. The Labute approximate surface area is 141 Å². The molecule has 24 heavy (non-hydrogen) atoms. The Hall–Kier alpha value is -2.65. The van der Waals surface area contributed by atoms with Gasteiger partial charge in [-0.1, -0.05) is 0 Å². The van der Waals surface area contributed by atoms with Crippen LogP contribution < -0.4 is 5.73 Å². The smallest absolute Gasteiger partial charge is 0.354 e. The first kappa shape index (κ1) is 16.2. The summed E-state index contributed by atoms with van der Waals surface area (Å²) in [6, 6.07) is 4.61. The van der Waals surface area contributed by atoms with E-state index in [-0.39, 0.29) is 17.0 Å². The minimum Gasteiger partial charge on any atom is -0.472 e. The minimum absolute atomic E-state index is 0.168. The van der Waals surface area contributed by atoms with Crippen LogP contribution in [0.2, 0.25) is 0 Å². The lowest BCUT2D eigenvalue weighted by Gasteiger charge is -2.08. The number of thiophene rings is 1. The molecule has 1 aromatic heterocycles. The summed E-state index contributed by atoms with van der Waals surface area (Å²) in [5.41, 5.74) is 7.44. The van der Waals surface area contributed by atoms with E-state index in [9.17, 15) is 13.2 Å². The van der Waals surface area contributed by atoms with E-state index in [1.165, 1.54) is 35.3 Å². The van der Waals surface area contributed by atoms with Gasteiger partial charge in [-0.05, 0) is 34.7 Å². The van der Waals surface area contributed by atoms with Crippen LogP contribution >= 0.6 is 11.3 Å². The van der Waals surface area contributed by atoms with Crippen LogP contribution in [0.5, 0.6) is 0 Å². The molecule has 1 aromatic rings. The Kier molecular flexibility index (Phi) is 4.12. The molecular weight excluding hydrogens is 352 g/mol. The van der Waals surface area contributed by atoms with Crippen molar-refractivity contribution in [2.45, 2.75) is 5.75 Å². The molecule has 0 spiro atoms. The minimum atomic E-state index is -4.21. The van der Waals surface area contributed by atoms with E-state index in [1.807, 2.05) is 0 Å². The molecule has 0 radical (unpaired) electrons. The monoisotopic (exact) mass is 364 g/mol. The Bertz CT molecular complexity index is 973. The van der Waals surface area contributed by atoms with Gasteiger partial charge in [-0.15, -0.1) is 0 Å². The molecule has 0 unspecified atom stereocenters. The fourth-order valence-electron chi connectivity index (χ4n) is 2.30. The average Bonchev–Trinajstić information content (AvgIpc) is 3.15. The zero-order chi connectivity index (χ0) is 17.3. The van der Waals surface area contributed by atoms with Gasteiger partial charge in [0.05, 0.1) is 18.1 Å². The molecule has 124 valence electrons. The number of nitrogen functional groups attached to an aromatic ring is 1. The number of fused-ring (bicyclic) bond motifs is 1. The lowest BCUT2D eigenvalue weighted by atomic mass is 10.1. The largest absolute Gasteiger partial charge is 0.472 e. The van der Waals surface area contributed by atoms with Crippen LogP contribution in [0.4, 0.5) is 0 Å². The molecule has 0 saturated heterocycles. The van der Waals surface area contributed by atoms with Crippen molar-refractivity contribution in [3.8, 4) is 11.1 Å². The van der Waals surface area contributed by atoms with Crippen molar-refractivity contribution in [3.63, 3.8) is 0 Å². The molecule has 0 amide bonds. The zero-order valence-electron chi connectivity index (χ0n) is 12.2. The maximum atomic E-state index is 12.2. The Morgan fingerprint density at radius 2 is 2.17 bits per heavy atom. The quantitative estimate of drug-likeness (QED) is 0.407. The highest BCUT2D eigenvalue weighted by molar-refractivity contribution is 7.86. The van der Waals surface area contributed by atoms with Crippen LogP contribution in [0.25, 0.3) is 11.1 Å². The Morgan fingerprint density at radius 1 is 1.38 bits per heavy atom. The lowest BCUT2D eigenvalue weighted by molar-refractivity contribution is 0.0747. The first-order valence-electron chi connectivity index (χ1n) is 6.68. The highest BCUT2D eigenvalue weighted by Gasteiger charge is 2.26. The first-order chi connectivity index (χ1) is 11.4. The number of amidine groups is 1. The zero-order valence-corrected chi connectivity index (χ0v) is 13.8. The van der Waals surface area contributed by atoms with Crippen molar-refractivity contribution in [2.75, 3.05) is 0 Å². The molecule has 0 atom stereocenters. The second-order valence-corrected chi connectivity index (χ2v) is 7.31. The number of rotatable bonds is 5. The maximum Gasteiger partial charge on any atom is 0.354 e. The predicted molar refractivity (Wildman–Crippen MR) is 88.7 cm³/mol. The van der Waals surface area contributed by atoms with Crippen molar-refractivity contribution in [1.29, 1.82) is 5.41 Å². The van der Waals surface area contributed by atoms with Crippen molar-refractivity contribution < 1.29 is 21.8 Å². The van der Waals surface area contributed by atoms with Crippen LogP contribution in [-0.4, -0.2) is 20.2 Å². The highest BCUT2D eigenvalue weighted by Crippen LogP contribution is 2.33. The fraction of sp³-hybridized carbons (Fsp3) is 0.0667. The summed E-state index contributed by atoms with van der Waals surface area (Å²) in [6.07, 6.45) is 2.81. The third kappa shape index (κ3) is 3.17. The van der Waals surface area contributed by atoms with E-state index < -0.39 is 21.8 Å². The third-order valence-electron chi connectivity index (χ3n) is 3.34. The van der Waals surface area contributed by atoms with Crippen molar-refractivity contribution in [2.24, 2.45) is 5.73 Å². The van der Waals surface area contributed by atoms with Gasteiger partial charge >= 0.3 is 16.1 Å². The van der Waals surface area contributed by atoms with Gasteiger partial charge in [0.15, 0.2) is 0 Å². The van der Waals surface area contributed by atoms with E-state index >= 15 is 0 Å².